The van der Waals surface area contributed by atoms with Crippen molar-refractivity contribution in [3.63, 3.8) is 0 Å². The van der Waals surface area contributed by atoms with Gasteiger partial charge in [0.1, 0.15) is 0 Å². The lowest BCUT2D eigenvalue weighted by Gasteiger charge is -2.42. The van der Waals surface area contributed by atoms with Crippen molar-refractivity contribution in [3.05, 3.63) is 76.9 Å². The molecule has 150 valence electrons. The van der Waals surface area contributed by atoms with Gasteiger partial charge in [-0.3, -0.25) is 0 Å². The van der Waals surface area contributed by atoms with E-state index in [2.05, 4.69) is 85.9 Å². The third kappa shape index (κ3) is 5.12. The highest BCUT2D eigenvalue weighted by Crippen LogP contribution is 2.47. The average molecular weight is 367 g/mol. The van der Waals surface area contributed by atoms with Gasteiger partial charge in [0.2, 0.25) is 0 Å². The molecule has 1 aromatic carbocycles. The van der Waals surface area contributed by atoms with E-state index < -0.39 is 0 Å². The maximum Gasteiger partial charge on any atom is -0.0100 e. The van der Waals surface area contributed by atoms with E-state index in [0.29, 0.717) is 0 Å². The van der Waals surface area contributed by atoms with Crippen LogP contribution in [0, 0.1) is 6.92 Å². The molecule has 0 bridgehead atoms. The van der Waals surface area contributed by atoms with Crippen molar-refractivity contribution in [1.29, 1.82) is 0 Å². The van der Waals surface area contributed by atoms with Gasteiger partial charge in [-0.2, -0.15) is 0 Å². The van der Waals surface area contributed by atoms with Crippen molar-refractivity contribution in [2.24, 2.45) is 0 Å². The van der Waals surface area contributed by atoms with Crippen LogP contribution in [-0.2, 0) is 10.8 Å². The first-order chi connectivity index (χ1) is 11.5. The van der Waals surface area contributed by atoms with Crippen molar-refractivity contribution >= 4 is 5.57 Å². The molecular weight excluding hydrogens is 324 g/mol. The van der Waals surface area contributed by atoms with Crippen LogP contribution in [0.3, 0.4) is 0 Å². The molecule has 1 aromatic rings. The van der Waals surface area contributed by atoms with Crippen molar-refractivity contribution < 1.29 is 0 Å². The van der Waals surface area contributed by atoms with Gasteiger partial charge in [0.05, 0.1) is 0 Å². The van der Waals surface area contributed by atoms with Crippen LogP contribution in [0.25, 0.3) is 5.57 Å². The minimum absolute atomic E-state index is 0. The molecule has 0 heteroatoms. The fourth-order valence-electron chi connectivity index (χ4n) is 3.68. The van der Waals surface area contributed by atoms with Gasteiger partial charge >= 0.3 is 0 Å². The molecule has 0 heterocycles. The molecule has 0 nitrogen and oxygen atoms in total. The molecule has 0 amide bonds. The molecule has 0 atom stereocenters. The highest BCUT2D eigenvalue weighted by molar-refractivity contribution is 5.79. The van der Waals surface area contributed by atoms with Gasteiger partial charge in [-0.1, -0.05) is 91.6 Å². The summed E-state index contributed by atoms with van der Waals surface area (Å²) in [5, 5.41) is 0. The van der Waals surface area contributed by atoms with E-state index in [-0.39, 0.29) is 25.7 Å². The largest absolute Gasteiger partial charge is 0.0988 e. The van der Waals surface area contributed by atoms with Crippen molar-refractivity contribution in [1.82, 2.24) is 0 Å². The van der Waals surface area contributed by atoms with Gasteiger partial charge < -0.3 is 0 Å². The van der Waals surface area contributed by atoms with Crippen molar-refractivity contribution in [2.75, 3.05) is 0 Å². The van der Waals surface area contributed by atoms with E-state index in [1.165, 1.54) is 40.7 Å². The third-order valence-electron chi connectivity index (χ3n) is 5.92. The summed E-state index contributed by atoms with van der Waals surface area (Å²) in [4.78, 5) is 0. The summed E-state index contributed by atoms with van der Waals surface area (Å²) in [6, 6.07) is 4.82. The Morgan fingerprint density at radius 3 is 1.89 bits per heavy atom. The minimum atomic E-state index is 0. The van der Waals surface area contributed by atoms with Gasteiger partial charge in [0.15, 0.2) is 0 Å². The number of aryl methyl sites for hydroxylation is 1. The Morgan fingerprint density at radius 1 is 0.926 bits per heavy atom. The lowest BCUT2D eigenvalue weighted by Crippen LogP contribution is -2.34. The van der Waals surface area contributed by atoms with E-state index in [0.717, 1.165) is 11.1 Å². The summed E-state index contributed by atoms with van der Waals surface area (Å²) in [7, 11) is 0. The quantitative estimate of drug-likeness (QED) is 0.467. The zero-order valence-corrected chi connectivity index (χ0v) is 17.2. The number of benzene rings is 1. The summed E-state index contributed by atoms with van der Waals surface area (Å²) in [6.07, 6.45) is 8.61. The van der Waals surface area contributed by atoms with E-state index in [4.69, 9.17) is 0 Å². The predicted molar refractivity (Wildman–Crippen MR) is 127 cm³/mol. The van der Waals surface area contributed by atoms with Crippen LogP contribution in [0.1, 0.15) is 91.5 Å². The highest BCUT2D eigenvalue weighted by atomic mass is 14.4. The Bertz CT molecular complexity index is 763. The summed E-state index contributed by atoms with van der Waals surface area (Å²) >= 11 is 0. The number of fused-ring (bicyclic) bond motifs is 1. The predicted octanol–water partition coefficient (Wildman–Crippen LogP) is 8.71. The molecule has 1 aliphatic rings. The van der Waals surface area contributed by atoms with Gasteiger partial charge in [-0.05, 0) is 77.8 Å². The van der Waals surface area contributed by atoms with Crippen molar-refractivity contribution in [3.8, 4) is 0 Å². The summed E-state index contributed by atoms with van der Waals surface area (Å²) in [5.74, 6) is 0. The maximum atomic E-state index is 4.40. The molecular formula is C27H42. The Labute approximate surface area is 169 Å². The fourth-order valence-corrected chi connectivity index (χ4v) is 3.68. The first kappa shape index (κ1) is 25.2. The molecule has 0 saturated carbocycles. The van der Waals surface area contributed by atoms with Crippen molar-refractivity contribution in [2.45, 2.75) is 87.0 Å². The number of hydrogen-bond acceptors (Lipinski definition) is 0. The van der Waals surface area contributed by atoms with E-state index in [9.17, 15) is 0 Å². The van der Waals surface area contributed by atoms with Crippen LogP contribution in [0.2, 0.25) is 0 Å². The third-order valence-corrected chi connectivity index (χ3v) is 5.92. The second kappa shape index (κ2) is 8.91. The smallest absolute Gasteiger partial charge is 0.0100 e. The zero-order chi connectivity index (χ0) is 19.0. The van der Waals surface area contributed by atoms with E-state index >= 15 is 0 Å². The first-order valence-corrected chi connectivity index (χ1v) is 9.32. The van der Waals surface area contributed by atoms with E-state index in [1.54, 1.807) is 0 Å². The van der Waals surface area contributed by atoms with Crippen LogP contribution in [0.4, 0.5) is 0 Å². The molecule has 0 N–H and O–H groups in total. The normalized spacial score (nSPS) is 17.9. The number of hydrogen-bond donors (Lipinski definition) is 0. The standard InChI is InChI=1S/C25H34.2CH4/c1-10-17(2)11-12-18(3)20(5)21-16-23-22(15-19(21)4)24(6,7)13-14-25(23,8)9;;/h10-12,15-16H,1,5,13-14H2,2-4,6-9H3;2*1H4/b17-11-,18-12+;;. The zero-order valence-electron chi connectivity index (χ0n) is 17.2. The lowest BCUT2D eigenvalue weighted by atomic mass is 9.62. The van der Waals surface area contributed by atoms with Crippen LogP contribution in [-0.4, -0.2) is 0 Å². The van der Waals surface area contributed by atoms with Crippen LogP contribution in [0.5, 0.6) is 0 Å². The van der Waals surface area contributed by atoms with Gasteiger partial charge in [0.25, 0.3) is 0 Å². The maximum absolute atomic E-state index is 4.40. The lowest BCUT2D eigenvalue weighted by molar-refractivity contribution is 0.331. The van der Waals surface area contributed by atoms with Gasteiger partial charge in [0, 0.05) is 0 Å². The number of rotatable bonds is 4. The summed E-state index contributed by atoms with van der Waals surface area (Å²) in [5.41, 5.74) is 9.59. The Balaban J connectivity index is 0.00000338. The second-order valence-electron chi connectivity index (χ2n) is 8.92. The first-order valence-electron chi connectivity index (χ1n) is 9.32. The average Bonchev–Trinajstić information content (AvgIpc) is 2.55. The molecule has 0 aromatic heterocycles. The Kier molecular flexibility index (Phi) is 8.31. The molecule has 0 radical (unpaired) electrons. The molecule has 0 spiro atoms. The molecule has 27 heavy (non-hydrogen) atoms. The van der Waals surface area contributed by atoms with Crippen LogP contribution >= 0.6 is 0 Å². The van der Waals surface area contributed by atoms with Gasteiger partial charge in [-0.25, -0.2) is 0 Å². The summed E-state index contributed by atoms with van der Waals surface area (Å²) < 4.78 is 0. The highest BCUT2D eigenvalue weighted by Gasteiger charge is 2.37. The second-order valence-corrected chi connectivity index (χ2v) is 8.92. The Morgan fingerprint density at radius 2 is 1.41 bits per heavy atom. The molecule has 0 unspecified atom stereocenters. The molecule has 1 aliphatic carbocycles. The monoisotopic (exact) mass is 366 g/mol. The molecule has 0 aliphatic heterocycles. The Hall–Kier alpha value is -1.82. The molecule has 2 rings (SSSR count). The minimum Gasteiger partial charge on any atom is -0.0988 e. The van der Waals surface area contributed by atoms with E-state index in [1.807, 2.05) is 6.08 Å². The topological polar surface area (TPSA) is 0 Å². The number of allylic oxidation sites excluding steroid dienone is 6. The fraction of sp³-hybridized carbons (Fsp3) is 0.481. The van der Waals surface area contributed by atoms with Gasteiger partial charge in [-0.15, -0.1) is 0 Å². The molecule has 0 saturated heterocycles. The summed E-state index contributed by atoms with van der Waals surface area (Å²) in [6.45, 7) is 24.1. The SMILES string of the molecule is C.C.C=C/C(C)=C\C=C(/C)C(=C)c1cc2c(cc1C)C(C)(C)CCC2(C)C. The van der Waals surface area contributed by atoms with Crippen LogP contribution in [0.15, 0.2) is 54.7 Å². The van der Waals surface area contributed by atoms with Crippen LogP contribution < -0.4 is 0 Å². The molecule has 0 fully saturated rings.